The third-order valence-corrected chi connectivity index (χ3v) is 3.55. The Hall–Kier alpha value is -1.10. The zero-order valence-electron chi connectivity index (χ0n) is 10.9. The molecule has 1 fully saturated rings. The molecule has 1 amide bonds. The summed E-state index contributed by atoms with van der Waals surface area (Å²) in [6.45, 7) is 3.08. The lowest BCUT2D eigenvalue weighted by Gasteiger charge is -2.34. The van der Waals surface area contributed by atoms with Crippen molar-refractivity contribution in [3.63, 3.8) is 0 Å². The van der Waals surface area contributed by atoms with Crippen molar-refractivity contribution in [3.8, 4) is 0 Å². The third-order valence-electron chi connectivity index (χ3n) is 3.55. The normalized spacial score (nSPS) is 24.4. The van der Waals surface area contributed by atoms with Gasteiger partial charge in [-0.25, -0.2) is 4.79 Å². The van der Waals surface area contributed by atoms with Gasteiger partial charge in [-0.2, -0.15) is 0 Å². The van der Waals surface area contributed by atoms with E-state index in [2.05, 4.69) is 0 Å². The van der Waals surface area contributed by atoms with E-state index in [1.807, 2.05) is 25.9 Å². The maximum atomic E-state index is 12.1. The highest BCUT2D eigenvalue weighted by Gasteiger charge is 2.48. The van der Waals surface area contributed by atoms with Crippen molar-refractivity contribution in [2.45, 2.75) is 38.1 Å². The molecule has 0 saturated carbocycles. The number of carboxylic acids is 1. The Morgan fingerprint density at radius 1 is 1.41 bits per heavy atom. The number of likely N-dealkylation sites (tertiary alicyclic amines) is 1. The molecule has 0 aromatic heterocycles. The van der Waals surface area contributed by atoms with Crippen molar-refractivity contribution >= 4 is 11.9 Å². The van der Waals surface area contributed by atoms with Crippen molar-refractivity contribution in [2.75, 3.05) is 27.2 Å². The fraction of sp³-hybridized carbons (Fsp3) is 0.833. The highest BCUT2D eigenvalue weighted by atomic mass is 16.4. The highest BCUT2D eigenvalue weighted by molar-refractivity contribution is 5.87. The van der Waals surface area contributed by atoms with Crippen LogP contribution >= 0.6 is 0 Å². The lowest BCUT2D eigenvalue weighted by molar-refractivity contribution is -0.156. The van der Waals surface area contributed by atoms with Crippen LogP contribution in [-0.2, 0) is 9.59 Å². The van der Waals surface area contributed by atoms with E-state index >= 15 is 0 Å². The Morgan fingerprint density at radius 3 is 2.53 bits per heavy atom. The van der Waals surface area contributed by atoms with Gasteiger partial charge in [-0.15, -0.1) is 0 Å². The predicted molar refractivity (Wildman–Crippen MR) is 64.8 cm³/mol. The van der Waals surface area contributed by atoms with Crippen LogP contribution in [0.3, 0.4) is 0 Å². The van der Waals surface area contributed by atoms with E-state index in [4.69, 9.17) is 0 Å². The third kappa shape index (κ3) is 2.77. The number of aliphatic carboxylic acids is 1. The summed E-state index contributed by atoms with van der Waals surface area (Å²) in [6, 6.07) is 0. The second kappa shape index (κ2) is 5.49. The van der Waals surface area contributed by atoms with Crippen LogP contribution in [0.5, 0.6) is 0 Å². The number of amides is 1. The predicted octanol–water partition coefficient (Wildman–Crippen LogP) is 0.794. The summed E-state index contributed by atoms with van der Waals surface area (Å²) in [5, 5.41) is 9.36. The van der Waals surface area contributed by atoms with E-state index in [0.717, 1.165) is 6.42 Å². The van der Waals surface area contributed by atoms with Gasteiger partial charge in [0.15, 0.2) is 0 Å². The summed E-state index contributed by atoms with van der Waals surface area (Å²) >= 11 is 0. The average molecular weight is 242 g/mol. The first-order chi connectivity index (χ1) is 7.94. The SMILES string of the molecule is CCC1(C(=O)O)CCCN1C(=O)CCN(C)C. The van der Waals surface area contributed by atoms with Crippen LogP contribution in [0, 0.1) is 0 Å². The molecule has 17 heavy (non-hydrogen) atoms. The average Bonchev–Trinajstić information content (AvgIpc) is 2.70. The zero-order valence-corrected chi connectivity index (χ0v) is 10.9. The molecule has 98 valence electrons. The Bertz CT molecular complexity index is 304. The second-order valence-electron chi connectivity index (χ2n) is 4.89. The van der Waals surface area contributed by atoms with Crippen LogP contribution in [0.25, 0.3) is 0 Å². The van der Waals surface area contributed by atoms with Gasteiger partial charge in [0.25, 0.3) is 0 Å². The maximum absolute atomic E-state index is 12.1. The van der Waals surface area contributed by atoms with E-state index in [1.54, 1.807) is 4.90 Å². The molecule has 5 heteroatoms. The van der Waals surface area contributed by atoms with Gasteiger partial charge >= 0.3 is 5.97 Å². The first-order valence-electron chi connectivity index (χ1n) is 6.12. The maximum Gasteiger partial charge on any atom is 0.329 e. The minimum atomic E-state index is -0.955. The smallest absolute Gasteiger partial charge is 0.329 e. The molecular formula is C12H22N2O3. The summed E-state index contributed by atoms with van der Waals surface area (Å²) in [7, 11) is 3.81. The van der Waals surface area contributed by atoms with Crippen molar-refractivity contribution in [2.24, 2.45) is 0 Å². The van der Waals surface area contributed by atoms with Gasteiger partial charge in [-0.1, -0.05) is 6.92 Å². The molecule has 0 spiro atoms. The van der Waals surface area contributed by atoms with Crippen molar-refractivity contribution < 1.29 is 14.7 Å². The lowest BCUT2D eigenvalue weighted by atomic mass is 9.93. The number of carbonyl (C=O) groups is 2. The number of rotatable bonds is 5. The first kappa shape index (κ1) is 14.0. The number of hydrogen-bond donors (Lipinski definition) is 1. The van der Waals surface area contributed by atoms with Crippen LogP contribution in [0.2, 0.25) is 0 Å². The molecule has 5 nitrogen and oxygen atoms in total. The zero-order chi connectivity index (χ0) is 13.1. The van der Waals surface area contributed by atoms with E-state index in [-0.39, 0.29) is 5.91 Å². The molecular weight excluding hydrogens is 220 g/mol. The van der Waals surface area contributed by atoms with Crippen molar-refractivity contribution in [1.29, 1.82) is 0 Å². The summed E-state index contributed by atoms with van der Waals surface area (Å²) in [5.41, 5.74) is -0.955. The second-order valence-corrected chi connectivity index (χ2v) is 4.89. The molecule has 0 aromatic carbocycles. The van der Waals surface area contributed by atoms with Gasteiger partial charge in [-0.05, 0) is 33.4 Å². The van der Waals surface area contributed by atoms with Crippen LogP contribution in [0.15, 0.2) is 0 Å². The summed E-state index contributed by atoms with van der Waals surface area (Å²) < 4.78 is 0. The number of carboxylic acid groups (broad SMARTS) is 1. The Labute approximate surface area is 102 Å². The summed E-state index contributed by atoms with van der Waals surface area (Å²) in [5.74, 6) is -0.906. The largest absolute Gasteiger partial charge is 0.479 e. The molecule has 0 bridgehead atoms. The van der Waals surface area contributed by atoms with Gasteiger partial charge in [0, 0.05) is 19.5 Å². The number of nitrogens with zero attached hydrogens (tertiary/aromatic N) is 2. The number of hydrogen-bond acceptors (Lipinski definition) is 3. The molecule has 1 saturated heterocycles. The molecule has 1 aliphatic heterocycles. The first-order valence-corrected chi connectivity index (χ1v) is 6.12. The molecule has 0 aliphatic carbocycles. The molecule has 1 aliphatic rings. The van der Waals surface area contributed by atoms with E-state index < -0.39 is 11.5 Å². The van der Waals surface area contributed by atoms with Crippen LogP contribution in [-0.4, -0.2) is 59.5 Å². The summed E-state index contributed by atoms with van der Waals surface area (Å²) in [6.07, 6.45) is 2.23. The summed E-state index contributed by atoms with van der Waals surface area (Å²) in [4.78, 5) is 27.0. The fourth-order valence-electron chi connectivity index (χ4n) is 2.44. The standard InChI is InChI=1S/C12H22N2O3/c1-4-12(11(16)17)7-5-8-14(12)10(15)6-9-13(2)3/h4-9H2,1-3H3,(H,16,17). The van der Waals surface area contributed by atoms with Crippen LogP contribution in [0.4, 0.5) is 0 Å². The van der Waals surface area contributed by atoms with E-state index in [0.29, 0.717) is 32.4 Å². The van der Waals surface area contributed by atoms with Crippen LogP contribution in [0.1, 0.15) is 32.6 Å². The fourth-order valence-corrected chi connectivity index (χ4v) is 2.44. The topological polar surface area (TPSA) is 60.9 Å². The molecule has 0 radical (unpaired) electrons. The number of carbonyl (C=O) groups excluding carboxylic acids is 1. The lowest BCUT2D eigenvalue weighted by Crippen LogP contribution is -2.53. The van der Waals surface area contributed by atoms with Gasteiger partial charge in [0.05, 0.1) is 0 Å². The minimum Gasteiger partial charge on any atom is -0.479 e. The van der Waals surface area contributed by atoms with Crippen molar-refractivity contribution in [1.82, 2.24) is 9.80 Å². The van der Waals surface area contributed by atoms with Gasteiger partial charge in [0.2, 0.25) is 5.91 Å². The van der Waals surface area contributed by atoms with Gasteiger partial charge < -0.3 is 14.9 Å². The quantitative estimate of drug-likeness (QED) is 0.774. The Morgan fingerprint density at radius 2 is 2.06 bits per heavy atom. The Balaban J connectivity index is 2.74. The minimum absolute atomic E-state index is 0.0412. The molecule has 1 rings (SSSR count). The highest BCUT2D eigenvalue weighted by Crippen LogP contribution is 2.33. The molecule has 0 aromatic rings. The van der Waals surface area contributed by atoms with Gasteiger partial charge in [0.1, 0.15) is 5.54 Å². The van der Waals surface area contributed by atoms with Crippen molar-refractivity contribution in [3.05, 3.63) is 0 Å². The molecule has 1 atom stereocenters. The monoisotopic (exact) mass is 242 g/mol. The van der Waals surface area contributed by atoms with E-state index in [9.17, 15) is 14.7 Å². The molecule has 1 N–H and O–H groups in total. The molecule has 1 unspecified atom stereocenters. The van der Waals surface area contributed by atoms with Gasteiger partial charge in [-0.3, -0.25) is 4.79 Å². The molecule has 1 heterocycles. The van der Waals surface area contributed by atoms with E-state index in [1.165, 1.54) is 0 Å². The Kier molecular flexibility index (Phi) is 4.51. The van der Waals surface area contributed by atoms with Crippen LogP contribution < -0.4 is 0 Å².